The molecular formula is C14H22N2O2. The molecule has 0 radical (unpaired) electrons. The number of rotatable bonds is 8. The highest BCUT2D eigenvalue weighted by Crippen LogP contribution is 2.08. The molecule has 0 saturated heterocycles. The Bertz CT molecular complexity index is 341. The second kappa shape index (κ2) is 8.53. The van der Waals surface area contributed by atoms with Crippen molar-refractivity contribution in [2.45, 2.75) is 19.8 Å². The summed E-state index contributed by atoms with van der Waals surface area (Å²) in [4.78, 5) is 13.7. The predicted molar refractivity (Wildman–Crippen MR) is 72.5 cm³/mol. The van der Waals surface area contributed by atoms with Crippen molar-refractivity contribution in [3.63, 3.8) is 0 Å². The van der Waals surface area contributed by atoms with Gasteiger partial charge in [-0.15, -0.1) is 0 Å². The van der Waals surface area contributed by atoms with Crippen LogP contribution < -0.4 is 10.5 Å². The molecule has 1 rings (SSSR count). The van der Waals surface area contributed by atoms with Crippen molar-refractivity contribution in [2.75, 3.05) is 26.2 Å². The Labute approximate surface area is 109 Å². The summed E-state index contributed by atoms with van der Waals surface area (Å²) in [5.74, 6) is 0.928. The van der Waals surface area contributed by atoms with Gasteiger partial charge in [0.2, 0.25) is 5.91 Å². The van der Waals surface area contributed by atoms with Crippen LogP contribution in [-0.4, -0.2) is 37.0 Å². The Kier molecular flexibility index (Phi) is 6.87. The van der Waals surface area contributed by atoms with Crippen LogP contribution in [0.4, 0.5) is 0 Å². The van der Waals surface area contributed by atoms with Crippen LogP contribution in [0.3, 0.4) is 0 Å². The van der Waals surface area contributed by atoms with Gasteiger partial charge in [0.1, 0.15) is 5.75 Å². The van der Waals surface area contributed by atoms with Gasteiger partial charge in [0.05, 0.1) is 13.0 Å². The van der Waals surface area contributed by atoms with Gasteiger partial charge in [-0.3, -0.25) is 4.79 Å². The normalized spacial score (nSPS) is 10.1. The molecule has 1 aromatic rings. The lowest BCUT2D eigenvalue weighted by Gasteiger charge is -2.20. The van der Waals surface area contributed by atoms with Gasteiger partial charge in [-0.05, 0) is 32.0 Å². The molecule has 0 bridgehead atoms. The summed E-state index contributed by atoms with van der Waals surface area (Å²) in [7, 11) is 0. The molecule has 1 amide bonds. The van der Waals surface area contributed by atoms with Crippen LogP contribution in [0.2, 0.25) is 0 Å². The lowest BCUT2D eigenvalue weighted by atomic mass is 10.3. The van der Waals surface area contributed by atoms with E-state index in [4.69, 9.17) is 10.5 Å². The van der Waals surface area contributed by atoms with Gasteiger partial charge in [0.25, 0.3) is 0 Å². The lowest BCUT2D eigenvalue weighted by Crippen LogP contribution is -2.33. The molecule has 0 aliphatic rings. The number of amides is 1. The topological polar surface area (TPSA) is 55.6 Å². The minimum absolute atomic E-state index is 0.127. The van der Waals surface area contributed by atoms with E-state index >= 15 is 0 Å². The third-order valence-corrected chi connectivity index (χ3v) is 2.69. The third kappa shape index (κ3) is 5.19. The summed E-state index contributed by atoms with van der Waals surface area (Å²) in [6.45, 7) is 4.47. The largest absolute Gasteiger partial charge is 0.493 e. The minimum Gasteiger partial charge on any atom is -0.493 e. The van der Waals surface area contributed by atoms with Gasteiger partial charge in [-0.2, -0.15) is 0 Å². The smallest absolute Gasteiger partial charge is 0.225 e. The fourth-order valence-electron chi connectivity index (χ4n) is 1.67. The number of carbonyl (C=O) groups excluding carboxylic acids is 1. The first-order valence-corrected chi connectivity index (χ1v) is 6.43. The van der Waals surface area contributed by atoms with Crippen molar-refractivity contribution >= 4 is 5.91 Å². The first-order chi connectivity index (χ1) is 8.77. The van der Waals surface area contributed by atoms with E-state index < -0.39 is 0 Å². The fourth-order valence-corrected chi connectivity index (χ4v) is 1.67. The molecule has 0 heterocycles. The van der Waals surface area contributed by atoms with Crippen LogP contribution in [0.1, 0.15) is 19.8 Å². The standard InChI is InChI=1S/C14H22N2O2/c1-2-16(11-6-10-15)14(17)9-12-18-13-7-4-3-5-8-13/h3-5,7-8H,2,6,9-12,15H2,1H3. The number of nitrogens with two attached hydrogens (primary N) is 1. The zero-order valence-corrected chi connectivity index (χ0v) is 11.0. The zero-order valence-electron chi connectivity index (χ0n) is 11.0. The summed E-state index contributed by atoms with van der Waals surface area (Å²) in [5, 5.41) is 0. The van der Waals surface area contributed by atoms with E-state index in [0.717, 1.165) is 25.3 Å². The van der Waals surface area contributed by atoms with E-state index in [9.17, 15) is 4.79 Å². The predicted octanol–water partition coefficient (Wildman–Crippen LogP) is 1.65. The van der Waals surface area contributed by atoms with Crippen LogP contribution in [0, 0.1) is 0 Å². The Morgan fingerprint density at radius 1 is 1.33 bits per heavy atom. The van der Waals surface area contributed by atoms with Crippen molar-refractivity contribution in [2.24, 2.45) is 5.73 Å². The van der Waals surface area contributed by atoms with Crippen LogP contribution in [-0.2, 0) is 4.79 Å². The number of nitrogens with zero attached hydrogens (tertiary/aromatic N) is 1. The van der Waals surface area contributed by atoms with Gasteiger partial charge in [0.15, 0.2) is 0 Å². The highest BCUT2D eigenvalue weighted by molar-refractivity contribution is 5.76. The van der Waals surface area contributed by atoms with E-state index in [1.165, 1.54) is 0 Å². The molecule has 18 heavy (non-hydrogen) atoms. The van der Waals surface area contributed by atoms with E-state index in [1.807, 2.05) is 42.2 Å². The second-order valence-corrected chi connectivity index (χ2v) is 4.03. The molecule has 0 unspecified atom stereocenters. The molecular weight excluding hydrogens is 228 g/mol. The number of para-hydroxylation sites is 1. The molecule has 4 nitrogen and oxygen atoms in total. The fraction of sp³-hybridized carbons (Fsp3) is 0.500. The van der Waals surface area contributed by atoms with Gasteiger partial charge in [-0.25, -0.2) is 0 Å². The van der Waals surface area contributed by atoms with Crippen molar-refractivity contribution in [3.8, 4) is 5.75 Å². The van der Waals surface area contributed by atoms with E-state index in [-0.39, 0.29) is 5.91 Å². The van der Waals surface area contributed by atoms with Crippen molar-refractivity contribution in [1.82, 2.24) is 4.90 Å². The summed E-state index contributed by atoms with van der Waals surface area (Å²) >= 11 is 0. The molecule has 0 spiro atoms. The average molecular weight is 250 g/mol. The number of hydrogen-bond donors (Lipinski definition) is 1. The summed E-state index contributed by atoms with van der Waals surface area (Å²) in [6, 6.07) is 9.53. The second-order valence-electron chi connectivity index (χ2n) is 4.03. The molecule has 0 saturated carbocycles. The van der Waals surface area contributed by atoms with Gasteiger partial charge < -0.3 is 15.4 Å². The molecule has 0 aromatic heterocycles. The highest BCUT2D eigenvalue weighted by atomic mass is 16.5. The van der Waals surface area contributed by atoms with E-state index in [0.29, 0.717) is 19.6 Å². The zero-order chi connectivity index (χ0) is 13.2. The van der Waals surface area contributed by atoms with Crippen molar-refractivity contribution in [3.05, 3.63) is 30.3 Å². The SMILES string of the molecule is CCN(CCCN)C(=O)CCOc1ccccc1. The van der Waals surface area contributed by atoms with E-state index in [1.54, 1.807) is 0 Å². The van der Waals surface area contributed by atoms with Crippen LogP contribution in [0.15, 0.2) is 30.3 Å². The van der Waals surface area contributed by atoms with Gasteiger partial charge >= 0.3 is 0 Å². The Morgan fingerprint density at radius 2 is 2.06 bits per heavy atom. The Morgan fingerprint density at radius 3 is 2.67 bits per heavy atom. The molecule has 0 fully saturated rings. The summed E-state index contributed by atoms with van der Waals surface area (Å²) in [5.41, 5.74) is 5.45. The first-order valence-electron chi connectivity index (χ1n) is 6.43. The molecule has 1 aromatic carbocycles. The maximum atomic E-state index is 11.9. The molecule has 4 heteroatoms. The highest BCUT2D eigenvalue weighted by Gasteiger charge is 2.10. The number of ether oxygens (including phenoxy) is 1. The Balaban J connectivity index is 2.27. The maximum absolute atomic E-state index is 11.9. The van der Waals surface area contributed by atoms with Crippen LogP contribution in [0.5, 0.6) is 5.75 Å². The number of hydrogen-bond acceptors (Lipinski definition) is 3. The molecule has 2 N–H and O–H groups in total. The monoisotopic (exact) mass is 250 g/mol. The molecule has 0 aliphatic heterocycles. The average Bonchev–Trinajstić information content (AvgIpc) is 2.41. The van der Waals surface area contributed by atoms with E-state index in [2.05, 4.69) is 0 Å². The molecule has 100 valence electrons. The third-order valence-electron chi connectivity index (χ3n) is 2.69. The van der Waals surface area contributed by atoms with Crippen LogP contribution in [0.25, 0.3) is 0 Å². The van der Waals surface area contributed by atoms with Crippen molar-refractivity contribution < 1.29 is 9.53 Å². The maximum Gasteiger partial charge on any atom is 0.225 e. The summed E-state index contributed by atoms with van der Waals surface area (Å²) < 4.78 is 5.50. The lowest BCUT2D eigenvalue weighted by molar-refractivity contribution is -0.131. The van der Waals surface area contributed by atoms with Gasteiger partial charge in [-0.1, -0.05) is 18.2 Å². The Hall–Kier alpha value is -1.55. The number of carbonyl (C=O) groups is 1. The number of benzene rings is 1. The molecule has 0 aliphatic carbocycles. The van der Waals surface area contributed by atoms with Crippen molar-refractivity contribution in [1.29, 1.82) is 0 Å². The quantitative estimate of drug-likeness (QED) is 0.763. The van der Waals surface area contributed by atoms with Crippen LogP contribution >= 0.6 is 0 Å². The molecule has 0 atom stereocenters. The summed E-state index contributed by atoms with van der Waals surface area (Å²) in [6.07, 6.45) is 1.26. The van der Waals surface area contributed by atoms with Gasteiger partial charge in [0, 0.05) is 13.1 Å². The first kappa shape index (κ1) is 14.5. The minimum atomic E-state index is 0.127.